The average Bonchev–Trinajstić information content (AvgIpc) is 3.19. The zero-order valence-electron chi connectivity index (χ0n) is 14.3. The van der Waals surface area contributed by atoms with Crippen LogP contribution in [0.25, 0.3) is 0 Å². The molecule has 1 N–H and O–H groups in total. The largest absolute Gasteiger partial charge is 0.497 e. The lowest BCUT2D eigenvalue weighted by molar-refractivity contribution is -0.120. The first-order chi connectivity index (χ1) is 12.8. The van der Waals surface area contributed by atoms with Gasteiger partial charge in [0.2, 0.25) is 15.9 Å². The van der Waals surface area contributed by atoms with Crippen LogP contribution in [0.5, 0.6) is 5.75 Å². The van der Waals surface area contributed by atoms with E-state index in [4.69, 9.17) is 4.74 Å². The Balaban J connectivity index is 1.73. The van der Waals surface area contributed by atoms with E-state index in [0.717, 1.165) is 16.4 Å². The number of amides is 1. The number of sulfonamides is 1. The lowest BCUT2D eigenvalue weighted by atomic mass is 9.81. The van der Waals surface area contributed by atoms with Crippen molar-refractivity contribution >= 4 is 21.6 Å². The molecule has 2 heterocycles. The Labute approximate surface area is 154 Å². The Morgan fingerprint density at radius 1 is 1.19 bits per heavy atom. The molecule has 142 valence electrons. The van der Waals surface area contributed by atoms with Gasteiger partial charge in [0.25, 0.3) is 0 Å². The minimum absolute atomic E-state index is 0.0449. The maximum Gasteiger partial charge on any atom is 0.246 e. The average molecular weight is 394 g/mol. The second kappa shape index (κ2) is 6.00. The molecule has 1 unspecified atom stereocenters. The summed E-state index contributed by atoms with van der Waals surface area (Å²) in [5.74, 6) is -1.77. The van der Waals surface area contributed by atoms with Crippen LogP contribution in [-0.4, -0.2) is 38.8 Å². The highest BCUT2D eigenvalue weighted by Crippen LogP contribution is 2.46. The molecule has 2 aliphatic heterocycles. The van der Waals surface area contributed by atoms with Gasteiger partial charge in [0.05, 0.1) is 12.5 Å². The highest BCUT2D eigenvalue weighted by molar-refractivity contribution is 7.89. The van der Waals surface area contributed by atoms with Gasteiger partial charge in [-0.05, 0) is 42.3 Å². The fourth-order valence-electron chi connectivity index (χ4n) is 3.73. The molecule has 1 fully saturated rings. The molecule has 1 atom stereocenters. The van der Waals surface area contributed by atoms with Crippen molar-refractivity contribution < 1.29 is 26.7 Å². The van der Waals surface area contributed by atoms with Crippen LogP contribution in [0.2, 0.25) is 0 Å². The lowest BCUT2D eigenvalue weighted by Crippen LogP contribution is -2.39. The van der Waals surface area contributed by atoms with Crippen molar-refractivity contribution in [2.24, 2.45) is 0 Å². The number of methoxy groups -OCH3 is 1. The molecule has 0 aromatic heterocycles. The van der Waals surface area contributed by atoms with Crippen molar-refractivity contribution in [3.63, 3.8) is 0 Å². The van der Waals surface area contributed by atoms with E-state index in [1.165, 1.54) is 7.11 Å². The van der Waals surface area contributed by atoms with E-state index in [2.05, 4.69) is 5.32 Å². The molecule has 2 aliphatic rings. The zero-order valence-corrected chi connectivity index (χ0v) is 15.1. The Bertz CT molecular complexity index is 1060. The summed E-state index contributed by atoms with van der Waals surface area (Å²) < 4.78 is 59.2. The fraction of sp³-hybridized carbons (Fsp3) is 0.278. The van der Waals surface area contributed by atoms with Crippen LogP contribution in [-0.2, 0) is 20.2 Å². The first kappa shape index (κ1) is 17.9. The van der Waals surface area contributed by atoms with Gasteiger partial charge < -0.3 is 10.1 Å². The number of rotatable bonds is 3. The lowest BCUT2D eigenvalue weighted by Gasteiger charge is -2.23. The van der Waals surface area contributed by atoms with Crippen molar-refractivity contribution in [1.82, 2.24) is 4.31 Å². The standard InChI is InChI=1S/C18H16F2N2O4S/c1-26-12-3-4-15-13(9-12)18(17(23)21-15)6-7-22(10-18)27(24,25)16-5-2-11(19)8-14(16)20/h2-5,8-9H,6-7,10H2,1H3,(H,21,23). The number of nitrogens with zero attached hydrogens (tertiary/aromatic N) is 1. The monoisotopic (exact) mass is 394 g/mol. The molecule has 2 aromatic carbocycles. The molecule has 2 aromatic rings. The molecule has 0 aliphatic carbocycles. The number of ether oxygens (including phenoxy) is 1. The van der Waals surface area contributed by atoms with Gasteiger partial charge >= 0.3 is 0 Å². The molecule has 1 saturated heterocycles. The summed E-state index contributed by atoms with van der Waals surface area (Å²) in [6.07, 6.45) is 0.251. The van der Waals surface area contributed by atoms with Crippen LogP contribution in [0.4, 0.5) is 14.5 Å². The smallest absolute Gasteiger partial charge is 0.246 e. The predicted molar refractivity (Wildman–Crippen MR) is 93.0 cm³/mol. The number of fused-ring (bicyclic) bond motifs is 2. The second-order valence-corrected chi connectivity index (χ2v) is 8.52. The maximum absolute atomic E-state index is 14.0. The van der Waals surface area contributed by atoms with Crippen LogP contribution in [0.15, 0.2) is 41.3 Å². The first-order valence-electron chi connectivity index (χ1n) is 8.23. The van der Waals surface area contributed by atoms with E-state index < -0.39 is 32.0 Å². The molecule has 6 nitrogen and oxygen atoms in total. The highest BCUT2D eigenvalue weighted by atomic mass is 32.2. The van der Waals surface area contributed by atoms with E-state index in [0.29, 0.717) is 23.1 Å². The van der Waals surface area contributed by atoms with E-state index in [1.54, 1.807) is 18.2 Å². The van der Waals surface area contributed by atoms with Gasteiger partial charge in [0.1, 0.15) is 22.3 Å². The van der Waals surface area contributed by atoms with Gasteiger partial charge in [0, 0.05) is 24.8 Å². The maximum atomic E-state index is 14.0. The SMILES string of the molecule is COc1ccc2c(c1)C1(CCN(S(=O)(=O)c3ccc(F)cc3F)C1)C(=O)N2. The molecule has 4 rings (SSSR count). The summed E-state index contributed by atoms with van der Waals surface area (Å²) >= 11 is 0. The quantitative estimate of drug-likeness (QED) is 0.867. The summed E-state index contributed by atoms with van der Waals surface area (Å²) in [4.78, 5) is 12.1. The van der Waals surface area contributed by atoms with Crippen molar-refractivity contribution in [2.45, 2.75) is 16.7 Å². The molecule has 0 saturated carbocycles. The molecule has 0 bridgehead atoms. The Hall–Kier alpha value is -2.52. The third-order valence-corrected chi connectivity index (χ3v) is 7.05. The van der Waals surface area contributed by atoms with Crippen molar-refractivity contribution in [3.8, 4) is 5.75 Å². The van der Waals surface area contributed by atoms with Gasteiger partial charge in [-0.2, -0.15) is 4.31 Å². The Kier molecular flexibility index (Phi) is 3.97. The highest BCUT2D eigenvalue weighted by Gasteiger charge is 2.53. The van der Waals surface area contributed by atoms with Gasteiger partial charge in [-0.1, -0.05) is 0 Å². The predicted octanol–water partition coefficient (Wildman–Crippen LogP) is 2.26. The van der Waals surface area contributed by atoms with Gasteiger partial charge in [0.15, 0.2) is 0 Å². The minimum Gasteiger partial charge on any atom is -0.497 e. The second-order valence-electron chi connectivity index (χ2n) is 6.61. The number of benzene rings is 2. The molecule has 1 amide bonds. The first-order valence-corrected chi connectivity index (χ1v) is 9.67. The Morgan fingerprint density at radius 3 is 2.67 bits per heavy atom. The van der Waals surface area contributed by atoms with E-state index >= 15 is 0 Å². The number of hydrogen-bond donors (Lipinski definition) is 1. The number of nitrogens with one attached hydrogen (secondary N) is 1. The molecule has 1 spiro atoms. The summed E-state index contributed by atoms with van der Waals surface area (Å²) in [6, 6.07) is 7.44. The summed E-state index contributed by atoms with van der Waals surface area (Å²) in [5.41, 5.74) is 0.199. The summed E-state index contributed by atoms with van der Waals surface area (Å²) in [5, 5.41) is 2.77. The topological polar surface area (TPSA) is 75.7 Å². The number of halogens is 2. The summed E-state index contributed by atoms with van der Waals surface area (Å²) in [7, 11) is -2.71. The van der Waals surface area contributed by atoms with E-state index in [9.17, 15) is 22.0 Å². The van der Waals surface area contributed by atoms with Gasteiger partial charge in [-0.25, -0.2) is 17.2 Å². The van der Waals surface area contributed by atoms with Crippen LogP contribution < -0.4 is 10.1 Å². The molecule has 0 radical (unpaired) electrons. The third-order valence-electron chi connectivity index (χ3n) is 5.17. The van der Waals surface area contributed by atoms with E-state index in [1.807, 2.05) is 0 Å². The number of hydrogen-bond acceptors (Lipinski definition) is 4. The molecular weight excluding hydrogens is 378 g/mol. The van der Waals surface area contributed by atoms with Crippen molar-refractivity contribution in [1.29, 1.82) is 0 Å². The summed E-state index contributed by atoms with van der Waals surface area (Å²) in [6.45, 7) is -0.0820. The number of anilines is 1. The van der Waals surface area contributed by atoms with Crippen LogP contribution >= 0.6 is 0 Å². The van der Waals surface area contributed by atoms with Crippen LogP contribution in [0.1, 0.15) is 12.0 Å². The molecule has 9 heteroatoms. The Morgan fingerprint density at radius 2 is 1.96 bits per heavy atom. The normalized spacial score (nSPS) is 22.1. The fourth-order valence-corrected chi connectivity index (χ4v) is 5.27. The van der Waals surface area contributed by atoms with Crippen molar-refractivity contribution in [3.05, 3.63) is 53.6 Å². The van der Waals surface area contributed by atoms with Gasteiger partial charge in [-0.15, -0.1) is 0 Å². The third kappa shape index (κ3) is 2.61. The van der Waals surface area contributed by atoms with Crippen LogP contribution in [0, 0.1) is 11.6 Å². The molecular formula is C18H16F2N2O4S. The van der Waals surface area contributed by atoms with Crippen LogP contribution in [0.3, 0.4) is 0 Å². The number of carbonyl (C=O) groups is 1. The van der Waals surface area contributed by atoms with Gasteiger partial charge in [-0.3, -0.25) is 4.79 Å². The van der Waals surface area contributed by atoms with Crippen molar-refractivity contribution in [2.75, 3.05) is 25.5 Å². The minimum atomic E-state index is -4.21. The number of carbonyl (C=O) groups excluding carboxylic acids is 1. The van der Waals surface area contributed by atoms with E-state index in [-0.39, 0.29) is 25.4 Å². The molecule has 27 heavy (non-hydrogen) atoms. The zero-order chi connectivity index (χ0) is 19.4.